The summed E-state index contributed by atoms with van der Waals surface area (Å²) >= 11 is 0. The molecule has 3 saturated carbocycles. The first-order chi connectivity index (χ1) is 11.6. The molecule has 3 fully saturated rings. The summed E-state index contributed by atoms with van der Waals surface area (Å²) in [5.74, 6) is -1.21. The first kappa shape index (κ1) is 17.3. The van der Waals surface area contributed by atoms with Crippen molar-refractivity contribution in [2.24, 2.45) is 28.6 Å². The third kappa shape index (κ3) is 1.89. The molecule has 0 amide bonds. The van der Waals surface area contributed by atoms with Crippen LogP contribution < -0.4 is 0 Å². The molecule has 4 aliphatic rings. The number of fused-ring (bicyclic) bond motifs is 5. The van der Waals surface area contributed by atoms with Crippen molar-refractivity contribution in [1.29, 1.82) is 0 Å². The van der Waals surface area contributed by atoms with Crippen molar-refractivity contribution in [2.75, 3.05) is 0 Å². The van der Waals surface area contributed by atoms with Crippen molar-refractivity contribution in [3.8, 4) is 0 Å². The molecule has 0 saturated heterocycles. The zero-order valence-electron chi connectivity index (χ0n) is 14.9. The van der Waals surface area contributed by atoms with Gasteiger partial charge in [-0.3, -0.25) is 4.79 Å². The highest BCUT2D eigenvalue weighted by atomic mass is 19.1. The lowest BCUT2D eigenvalue weighted by Gasteiger charge is -2.62. The quantitative estimate of drug-likeness (QED) is 0.705. The number of carbonyl (C=O) groups excluding carboxylic acids is 1. The van der Waals surface area contributed by atoms with Gasteiger partial charge >= 0.3 is 0 Å². The predicted molar refractivity (Wildman–Crippen MR) is 89.2 cm³/mol. The fraction of sp³-hybridized carbons (Fsp3) is 0.750. The lowest BCUT2D eigenvalue weighted by molar-refractivity contribution is -0.207. The standard InChI is InChI=1S/C20H26F2O3/c1-10-6-12-13-8-15(21)14-7-11(23)4-5-19(14,3)20(13,22)16(24)9-18(12,2)17(10)25/h4-5,7,10,12-13,15-17,24-25H,6,8-9H2,1-3H3/t10-,12+,13+,15+,16+,17-,18+,19+,20+/m1/s1. The Morgan fingerprint density at radius 2 is 1.88 bits per heavy atom. The molecule has 0 radical (unpaired) electrons. The SMILES string of the molecule is C[C@@H]1C[C@H]2[C@@H]3C[C@H](F)C4=CC(=O)C=C[C@]4(C)[C@@]3(F)[C@@H](O)C[C@]2(C)[C@@H]1O. The minimum Gasteiger partial charge on any atom is -0.392 e. The van der Waals surface area contributed by atoms with E-state index in [0.29, 0.717) is 6.42 Å². The lowest BCUT2D eigenvalue weighted by Crippen LogP contribution is -2.68. The van der Waals surface area contributed by atoms with E-state index in [1.807, 2.05) is 13.8 Å². The van der Waals surface area contributed by atoms with Crippen molar-refractivity contribution in [2.45, 2.75) is 64.1 Å². The molecule has 0 bridgehead atoms. The van der Waals surface area contributed by atoms with E-state index >= 15 is 8.78 Å². The van der Waals surface area contributed by atoms with Crippen LogP contribution in [0.1, 0.15) is 40.0 Å². The Bertz CT molecular complexity index is 688. The van der Waals surface area contributed by atoms with E-state index in [0.717, 1.165) is 0 Å². The van der Waals surface area contributed by atoms with E-state index in [1.165, 1.54) is 18.2 Å². The number of hydrogen-bond acceptors (Lipinski definition) is 3. The van der Waals surface area contributed by atoms with Crippen LogP contribution in [0, 0.1) is 28.6 Å². The highest BCUT2D eigenvalue weighted by molar-refractivity contribution is 6.01. The summed E-state index contributed by atoms with van der Waals surface area (Å²) in [6, 6.07) is 0. The summed E-state index contributed by atoms with van der Waals surface area (Å²) in [5, 5.41) is 21.5. The van der Waals surface area contributed by atoms with Gasteiger partial charge in [0.05, 0.1) is 12.2 Å². The van der Waals surface area contributed by atoms with Gasteiger partial charge in [0.1, 0.15) is 6.17 Å². The molecule has 4 aliphatic carbocycles. The van der Waals surface area contributed by atoms with Crippen LogP contribution in [-0.4, -0.2) is 40.0 Å². The van der Waals surface area contributed by atoms with Crippen LogP contribution in [0.15, 0.2) is 23.8 Å². The average molecular weight is 352 g/mol. The summed E-state index contributed by atoms with van der Waals surface area (Å²) in [7, 11) is 0. The Balaban J connectivity index is 1.86. The fourth-order valence-electron chi connectivity index (χ4n) is 6.55. The first-order valence-corrected chi connectivity index (χ1v) is 9.20. The summed E-state index contributed by atoms with van der Waals surface area (Å²) in [6.07, 6.45) is 1.33. The normalized spacial score (nSPS) is 57.6. The predicted octanol–water partition coefficient (Wildman–Crippen LogP) is 2.91. The number of halogens is 2. The Kier molecular flexibility index (Phi) is 3.47. The van der Waals surface area contributed by atoms with Crippen LogP contribution in [0.3, 0.4) is 0 Å². The second kappa shape index (κ2) is 5.01. The molecule has 0 heterocycles. The second-order valence-corrected chi connectivity index (χ2v) is 9.11. The highest BCUT2D eigenvalue weighted by Gasteiger charge is 2.72. The van der Waals surface area contributed by atoms with Gasteiger partial charge in [-0.25, -0.2) is 8.78 Å². The van der Waals surface area contributed by atoms with Gasteiger partial charge in [0.15, 0.2) is 11.5 Å². The maximum Gasteiger partial charge on any atom is 0.178 e. The van der Waals surface area contributed by atoms with Crippen LogP contribution in [0.2, 0.25) is 0 Å². The van der Waals surface area contributed by atoms with Crippen LogP contribution in [0.25, 0.3) is 0 Å². The molecule has 4 rings (SSSR count). The smallest absolute Gasteiger partial charge is 0.178 e. The number of rotatable bonds is 0. The molecule has 9 atom stereocenters. The monoisotopic (exact) mass is 352 g/mol. The molecule has 0 aromatic heterocycles. The van der Waals surface area contributed by atoms with Crippen LogP contribution in [-0.2, 0) is 4.79 Å². The van der Waals surface area contributed by atoms with Crippen molar-refractivity contribution in [3.05, 3.63) is 23.8 Å². The molecular weight excluding hydrogens is 326 g/mol. The number of ketones is 1. The molecule has 25 heavy (non-hydrogen) atoms. The van der Waals surface area contributed by atoms with Crippen LogP contribution in [0.4, 0.5) is 8.78 Å². The van der Waals surface area contributed by atoms with E-state index < -0.39 is 40.8 Å². The van der Waals surface area contributed by atoms with Gasteiger partial charge in [0, 0.05) is 11.3 Å². The Hall–Kier alpha value is -1.07. The Morgan fingerprint density at radius 3 is 2.56 bits per heavy atom. The molecule has 0 aromatic rings. The molecule has 0 spiro atoms. The molecule has 2 N–H and O–H groups in total. The number of aliphatic hydroxyl groups excluding tert-OH is 2. The van der Waals surface area contributed by atoms with Gasteiger partial charge in [-0.1, -0.05) is 19.9 Å². The summed E-state index contributed by atoms with van der Waals surface area (Å²) in [5.41, 5.74) is -3.83. The Morgan fingerprint density at radius 1 is 1.20 bits per heavy atom. The molecule has 5 heteroatoms. The van der Waals surface area contributed by atoms with Crippen LogP contribution in [0.5, 0.6) is 0 Å². The minimum absolute atomic E-state index is 0.00386. The number of carbonyl (C=O) groups is 1. The molecule has 0 aliphatic heterocycles. The summed E-state index contributed by atoms with van der Waals surface area (Å²) in [4.78, 5) is 11.7. The molecule has 3 nitrogen and oxygen atoms in total. The number of alkyl halides is 2. The average Bonchev–Trinajstić information content (AvgIpc) is 2.76. The Labute approximate surface area is 146 Å². The number of aliphatic hydroxyl groups is 2. The fourth-order valence-corrected chi connectivity index (χ4v) is 6.55. The minimum atomic E-state index is -2.04. The van der Waals surface area contributed by atoms with Gasteiger partial charge in [0.2, 0.25) is 0 Å². The van der Waals surface area contributed by atoms with Gasteiger partial charge < -0.3 is 10.2 Å². The number of hydrogen-bond donors (Lipinski definition) is 2. The molecular formula is C20H26F2O3. The van der Waals surface area contributed by atoms with Crippen molar-refractivity contribution < 1.29 is 23.8 Å². The van der Waals surface area contributed by atoms with E-state index in [9.17, 15) is 15.0 Å². The van der Waals surface area contributed by atoms with E-state index in [-0.39, 0.29) is 36.0 Å². The van der Waals surface area contributed by atoms with Gasteiger partial charge in [-0.2, -0.15) is 0 Å². The first-order valence-electron chi connectivity index (χ1n) is 9.20. The molecule has 0 unspecified atom stereocenters. The summed E-state index contributed by atoms with van der Waals surface area (Å²) < 4.78 is 31.6. The van der Waals surface area contributed by atoms with Gasteiger partial charge in [-0.15, -0.1) is 0 Å². The number of allylic oxidation sites excluding steroid dienone is 4. The summed E-state index contributed by atoms with van der Waals surface area (Å²) in [6.45, 7) is 5.43. The maximum absolute atomic E-state index is 16.6. The zero-order chi connectivity index (χ0) is 18.4. The topological polar surface area (TPSA) is 57.5 Å². The molecule has 138 valence electrons. The van der Waals surface area contributed by atoms with Crippen molar-refractivity contribution in [1.82, 2.24) is 0 Å². The largest absolute Gasteiger partial charge is 0.392 e. The van der Waals surface area contributed by atoms with E-state index in [1.54, 1.807) is 6.92 Å². The zero-order valence-corrected chi connectivity index (χ0v) is 14.9. The van der Waals surface area contributed by atoms with Crippen molar-refractivity contribution >= 4 is 5.78 Å². The lowest BCUT2D eigenvalue weighted by atomic mass is 9.45. The van der Waals surface area contributed by atoms with Crippen LogP contribution >= 0.6 is 0 Å². The van der Waals surface area contributed by atoms with Gasteiger partial charge in [0.25, 0.3) is 0 Å². The molecule has 0 aromatic carbocycles. The highest BCUT2D eigenvalue weighted by Crippen LogP contribution is 2.68. The van der Waals surface area contributed by atoms with Gasteiger partial charge in [-0.05, 0) is 61.2 Å². The van der Waals surface area contributed by atoms with Crippen molar-refractivity contribution in [3.63, 3.8) is 0 Å². The maximum atomic E-state index is 16.6. The third-order valence-electron chi connectivity index (χ3n) is 7.90. The van der Waals surface area contributed by atoms with E-state index in [4.69, 9.17) is 0 Å². The third-order valence-corrected chi connectivity index (χ3v) is 7.90. The second-order valence-electron chi connectivity index (χ2n) is 9.11. The van der Waals surface area contributed by atoms with E-state index in [2.05, 4.69) is 0 Å².